The molecule has 1 atom stereocenters. The SMILES string of the molecule is CCOCC(C)OCCOc1ccc(/C=C/C(=O)O)cc1. The van der Waals surface area contributed by atoms with Crippen molar-refractivity contribution < 1.29 is 24.1 Å². The molecule has 0 aliphatic carbocycles. The predicted molar refractivity (Wildman–Crippen MR) is 80.5 cm³/mol. The van der Waals surface area contributed by atoms with Gasteiger partial charge in [-0.15, -0.1) is 0 Å². The van der Waals surface area contributed by atoms with Gasteiger partial charge in [-0.3, -0.25) is 0 Å². The van der Waals surface area contributed by atoms with Gasteiger partial charge in [0.1, 0.15) is 12.4 Å². The van der Waals surface area contributed by atoms with Gasteiger partial charge in [0.2, 0.25) is 0 Å². The van der Waals surface area contributed by atoms with Gasteiger partial charge >= 0.3 is 5.97 Å². The van der Waals surface area contributed by atoms with E-state index in [2.05, 4.69) is 0 Å². The van der Waals surface area contributed by atoms with Crippen LogP contribution in [0.15, 0.2) is 30.3 Å². The highest BCUT2D eigenvalue weighted by Crippen LogP contribution is 2.13. The number of ether oxygens (including phenoxy) is 3. The molecular weight excluding hydrogens is 272 g/mol. The van der Waals surface area contributed by atoms with Crippen molar-refractivity contribution in [1.29, 1.82) is 0 Å². The third kappa shape index (κ3) is 8.12. The molecule has 0 amide bonds. The van der Waals surface area contributed by atoms with Crippen molar-refractivity contribution in [3.8, 4) is 5.75 Å². The Morgan fingerprint density at radius 1 is 1.29 bits per heavy atom. The zero-order chi connectivity index (χ0) is 15.5. The van der Waals surface area contributed by atoms with E-state index in [4.69, 9.17) is 19.3 Å². The number of hydrogen-bond acceptors (Lipinski definition) is 4. The lowest BCUT2D eigenvalue weighted by Crippen LogP contribution is -2.19. The molecule has 0 saturated heterocycles. The summed E-state index contributed by atoms with van der Waals surface area (Å²) in [4.78, 5) is 10.4. The summed E-state index contributed by atoms with van der Waals surface area (Å²) in [5.74, 6) is -0.239. The fourth-order valence-corrected chi connectivity index (χ4v) is 1.58. The molecule has 1 aromatic rings. The normalized spacial score (nSPS) is 12.5. The Morgan fingerprint density at radius 3 is 2.62 bits per heavy atom. The van der Waals surface area contributed by atoms with Crippen molar-refractivity contribution in [3.05, 3.63) is 35.9 Å². The van der Waals surface area contributed by atoms with E-state index >= 15 is 0 Å². The quantitative estimate of drug-likeness (QED) is 0.531. The van der Waals surface area contributed by atoms with Crippen LogP contribution in [-0.4, -0.2) is 43.6 Å². The summed E-state index contributed by atoms with van der Waals surface area (Å²) in [6, 6.07) is 7.19. The first-order valence-corrected chi connectivity index (χ1v) is 6.95. The van der Waals surface area contributed by atoms with Crippen LogP contribution in [0.2, 0.25) is 0 Å². The number of carboxylic acids is 1. The van der Waals surface area contributed by atoms with Crippen LogP contribution in [0.5, 0.6) is 5.75 Å². The second kappa shape index (κ2) is 9.96. The van der Waals surface area contributed by atoms with E-state index in [9.17, 15) is 4.79 Å². The van der Waals surface area contributed by atoms with Gasteiger partial charge in [0, 0.05) is 12.7 Å². The van der Waals surface area contributed by atoms with Crippen LogP contribution in [0.25, 0.3) is 6.08 Å². The van der Waals surface area contributed by atoms with Gasteiger partial charge in [-0.2, -0.15) is 0 Å². The van der Waals surface area contributed by atoms with Crippen LogP contribution in [0.1, 0.15) is 19.4 Å². The van der Waals surface area contributed by atoms with E-state index in [1.807, 2.05) is 13.8 Å². The van der Waals surface area contributed by atoms with Crippen LogP contribution in [0, 0.1) is 0 Å². The maximum Gasteiger partial charge on any atom is 0.328 e. The molecule has 116 valence electrons. The minimum Gasteiger partial charge on any atom is -0.491 e. The summed E-state index contributed by atoms with van der Waals surface area (Å²) in [5.41, 5.74) is 0.811. The molecule has 1 aromatic carbocycles. The highest BCUT2D eigenvalue weighted by atomic mass is 16.5. The molecule has 5 nitrogen and oxygen atoms in total. The van der Waals surface area contributed by atoms with Crippen LogP contribution in [0.3, 0.4) is 0 Å². The third-order valence-corrected chi connectivity index (χ3v) is 2.61. The first kappa shape index (κ1) is 17.2. The van der Waals surface area contributed by atoms with Gasteiger partial charge in [0.05, 0.1) is 19.3 Å². The largest absolute Gasteiger partial charge is 0.491 e. The summed E-state index contributed by atoms with van der Waals surface area (Å²) < 4.78 is 16.3. The molecule has 0 heterocycles. The molecule has 5 heteroatoms. The number of hydrogen-bond donors (Lipinski definition) is 1. The summed E-state index contributed by atoms with van der Waals surface area (Å²) in [6.07, 6.45) is 2.69. The van der Waals surface area contributed by atoms with Crippen molar-refractivity contribution in [2.24, 2.45) is 0 Å². The van der Waals surface area contributed by atoms with Crippen molar-refractivity contribution in [3.63, 3.8) is 0 Å². The van der Waals surface area contributed by atoms with E-state index in [0.717, 1.165) is 17.4 Å². The van der Waals surface area contributed by atoms with Crippen molar-refractivity contribution in [1.82, 2.24) is 0 Å². The highest BCUT2D eigenvalue weighted by molar-refractivity contribution is 5.85. The lowest BCUT2D eigenvalue weighted by atomic mass is 10.2. The van der Waals surface area contributed by atoms with Gasteiger partial charge in [0.15, 0.2) is 0 Å². The van der Waals surface area contributed by atoms with Gasteiger partial charge in [-0.25, -0.2) is 4.79 Å². The van der Waals surface area contributed by atoms with E-state index < -0.39 is 5.97 Å². The maximum absolute atomic E-state index is 10.4. The fraction of sp³-hybridized carbons (Fsp3) is 0.438. The van der Waals surface area contributed by atoms with Crippen LogP contribution in [0.4, 0.5) is 0 Å². The molecule has 0 aromatic heterocycles. The Kier molecular flexibility index (Phi) is 8.16. The number of rotatable bonds is 10. The lowest BCUT2D eigenvalue weighted by Gasteiger charge is -2.13. The lowest BCUT2D eigenvalue weighted by molar-refractivity contribution is -0.131. The standard InChI is InChI=1S/C16H22O5/c1-3-19-12-13(2)20-10-11-21-15-7-4-14(5-8-15)6-9-16(17)18/h4-9,13H,3,10-12H2,1-2H3,(H,17,18)/b9-6+. The molecule has 0 radical (unpaired) electrons. The summed E-state index contributed by atoms with van der Waals surface area (Å²) in [7, 11) is 0. The van der Waals surface area contributed by atoms with E-state index in [-0.39, 0.29) is 6.10 Å². The molecule has 0 bridgehead atoms. The average Bonchev–Trinajstić information content (AvgIpc) is 2.48. The molecule has 0 saturated carbocycles. The molecule has 0 aliphatic rings. The topological polar surface area (TPSA) is 65.0 Å². The Morgan fingerprint density at radius 2 is 2.00 bits per heavy atom. The van der Waals surface area contributed by atoms with E-state index in [1.165, 1.54) is 6.08 Å². The Hall–Kier alpha value is -1.85. The second-order valence-corrected chi connectivity index (χ2v) is 4.43. The molecule has 0 spiro atoms. The maximum atomic E-state index is 10.4. The smallest absolute Gasteiger partial charge is 0.328 e. The first-order valence-electron chi connectivity index (χ1n) is 6.95. The van der Waals surface area contributed by atoms with Crippen molar-refractivity contribution in [2.75, 3.05) is 26.4 Å². The Bertz CT molecular complexity index is 438. The molecular formula is C16H22O5. The molecule has 0 fully saturated rings. The Balaban J connectivity index is 2.25. The van der Waals surface area contributed by atoms with Crippen molar-refractivity contribution >= 4 is 12.0 Å². The summed E-state index contributed by atoms with van der Waals surface area (Å²) >= 11 is 0. The molecule has 1 unspecified atom stereocenters. The first-order chi connectivity index (χ1) is 10.1. The van der Waals surface area contributed by atoms with Gasteiger partial charge in [-0.1, -0.05) is 12.1 Å². The van der Waals surface area contributed by atoms with E-state index in [0.29, 0.717) is 26.4 Å². The molecule has 1 N–H and O–H groups in total. The minimum absolute atomic E-state index is 0.0529. The Labute approximate surface area is 125 Å². The van der Waals surface area contributed by atoms with Gasteiger partial charge in [0.25, 0.3) is 0 Å². The minimum atomic E-state index is -0.964. The number of aliphatic carboxylic acids is 1. The second-order valence-electron chi connectivity index (χ2n) is 4.43. The van der Waals surface area contributed by atoms with Gasteiger partial charge in [-0.05, 0) is 37.6 Å². The zero-order valence-corrected chi connectivity index (χ0v) is 12.5. The van der Waals surface area contributed by atoms with Crippen LogP contribution >= 0.6 is 0 Å². The molecule has 21 heavy (non-hydrogen) atoms. The van der Waals surface area contributed by atoms with Crippen LogP contribution < -0.4 is 4.74 Å². The monoisotopic (exact) mass is 294 g/mol. The zero-order valence-electron chi connectivity index (χ0n) is 12.5. The number of carboxylic acid groups (broad SMARTS) is 1. The molecule has 1 rings (SSSR count). The van der Waals surface area contributed by atoms with Crippen molar-refractivity contribution in [2.45, 2.75) is 20.0 Å². The van der Waals surface area contributed by atoms with Crippen LogP contribution in [-0.2, 0) is 14.3 Å². The summed E-state index contributed by atoms with van der Waals surface area (Å²) in [5, 5.41) is 8.54. The number of benzene rings is 1. The predicted octanol–water partition coefficient (Wildman–Crippen LogP) is 2.60. The number of carbonyl (C=O) groups is 1. The fourth-order valence-electron chi connectivity index (χ4n) is 1.58. The molecule has 0 aliphatic heterocycles. The summed E-state index contributed by atoms with van der Waals surface area (Å²) in [6.45, 7) is 6.13. The highest BCUT2D eigenvalue weighted by Gasteiger charge is 2.01. The average molecular weight is 294 g/mol. The van der Waals surface area contributed by atoms with Gasteiger partial charge < -0.3 is 19.3 Å². The third-order valence-electron chi connectivity index (χ3n) is 2.61. The van der Waals surface area contributed by atoms with E-state index in [1.54, 1.807) is 24.3 Å².